The minimum atomic E-state index is 0.143. The van der Waals surface area contributed by atoms with Gasteiger partial charge >= 0.3 is 0 Å². The van der Waals surface area contributed by atoms with Gasteiger partial charge in [-0.15, -0.1) is 10.2 Å². The van der Waals surface area contributed by atoms with Gasteiger partial charge in [-0.05, 0) is 68.7 Å². The smallest absolute Gasteiger partial charge is 0.215 e. The number of ether oxygens (including phenoxy) is 2. The van der Waals surface area contributed by atoms with Crippen molar-refractivity contribution in [1.29, 1.82) is 0 Å². The lowest BCUT2D eigenvalue weighted by molar-refractivity contribution is -0.111. The highest BCUT2D eigenvalue weighted by atomic mass is 16.5. The number of piperazine rings is 1. The summed E-state index contributed by atoms with van der Waals surface area (Å²) in [6, 6.07) is 16.0. The lowest BCUT2D eigenvalue weighted by Crippen LogP contribution is -2.54. The van der Waals surface area contributed by atoms with Crippen LogP contribution in [-0.2, 0) is 4.74 Å². The summed E-state index contributed by atoms with van der Waals surface area (Å²) in [4.78, 5) is 14.4. The fourth-order valence-corrected chi connectivity index (χ4v) is 9.09. The summed E-state index contributed by atoms with van der Waals surface area (Å²) in [7, 11) is 0. The molecule has 9 rings (SSSR count). The number of fused-ring (bicyclic) bond motifs is 2. The van der Waals surface area contributed by atoms with Crippen molar-refractivity contribution in [2.75, 3.05) is 66.2 Å². The molecular formula is C39H49N9O4. The van der Waals surface area contributed by atoms with Gasteiger partial charge in [0.1, 0.15) is 18.1 Å². The number of phenolic OH excluding ortho intramolecular Hbond substituents is 1. The maximum absolute atomic E-state index is 10.4. The molecule has 5 fully saturated rings. The van der Waals surface area contributed by atoms with Crippen LogP contribution in [0.2, 0.25) is 0 Å². The Labute approximate surface area is 304 Å². The topological polar surface area (TPSA) is 142 Å². The van der Waals surface area contributed by atoms with Crippen molar-refractivity contribution in [2.45, 2.75) is 81.8 Å². The van der Waals surface area contributed by atoms with E-state index in [1.54, 1.807) is 18.4 Å². The van der Waals surface area contributed by atoms with Crippen molar-refractivity contribution in [1.82, 2.24) is 25.2 Å². The van der Waals surface area contributed by atoms with Gasteiger partial charge in [0.25, 0.3) is 0 Å². The van der Waals surface area contributed by atoms with Crippen LogP contribution in [0.3, 0.4) is 0 Å². The van der Waals surface area contributed by atoms with Crippen molar-refractivity contribution in [3.05, 3.63) is 61.0 Å². The molecule has 3 N–H and O–H groups in total. The van der Waals surface area contributed by atoms with Gasteiger partial charge in [-0.25, -0.2) is 4.98 Å². The third kappa shape index (κ3) is 6.95. The molecule has 2 unspecified atom stereocenters. The Morgan fingerprint density at radius 3 is 2.37 bits per heavy atom. The fourth-order valence-electron chi connectivity index (χ4n) is 9.09. The van der Waals surface area contributed by atoms with Crippen molar-refractivity contribution < 1.29 is 19.1 Å². The summed E-state index contributed by atoms with van der Waals surface area (Å²) >= 11 is 0. The second kappa shape index (κ2) is 14.4. The number of aromatic nitrogens is 4. The Balaban J connectivity index is 0.731. The second-order valence-electron chi connectivity index (χ2n) is 15.3. The Morgan fingerprint density at radius 1 is 0.827 bits per heavy atom. The highest BCUT2D eigenvalue weighted by Gasteiger charge is 2.41. The minimum Gasteiger partial charge on any atom is -0.507 e. The molecule has 274 valence electrons. The van der Waals surface area contributed by atoms with Gasteiger partial charge in [0.05, 0.1) is 23.6 Å². The lowest BCUT2D eigenvalue weighted by atomic mass is 9.91. The van der Waals surface area contributed by atoms with Crippen molar-refractivity contribution >= 4 is 23.0 Å². The summed E-state index contributed by atoms with van der Waals surface area (Å²) in [6.07, 6.45) is 13.0. The first kappa shape index (κ1) is 33.2. The molecule has 1 saturated carbocycles. The van der Waals surface area contributed by atoms with Crippen LogP contribution in [0.1, 0.15) is 51.4 Å². The number of para-hydroxylation sites is 1. The van der Waals surface area contributed by atoms with Crippen molar-refractivity contribution in [3.63, 3.8) is 0 Å². The molecule has 5 aliphatic rings. The fraction of sp³-hybridized carbons (Fsp3) is 0.538. The number of rotatable bonds is 10. The monoisotopic (exact) mass is 707 g/mol. The van der Waals surface area contributed by atoms with Gasteiger partial charge in [-0.1, -0.05) is 17.3 Å². The normalized spacial score (nSPS) is 25.7. The van der Waals surface area contributed by atoms with Crippen LogP contribution in [0.25, 0.3) is 11.3 Å². The number of pyridine rings is 1. The zero-order chi connectivity index (χ0) is 35.0. The first-order chi connectivity index (χ1) is 25.5. The number of anilines is 4. The number of hydrogen-bond donors (Lipinski definition) is 2. The maximum Gasteiger partial charge on any atom is 0.215 e. The molecule has 0 spiro atoms. The number of piperidine rings is 2. The van der Waals surface area contributed by atoms with Gasteiger partial charge in [0.15, 0.2) is 11.6 Å². The number of nitrogens with zero attached hydrogens (tertiary/aromatic N) is 8. The molecule has 1 aliphatic carbocycles. The number of nitrogens with two attached hydrogens (primary N) is 1. The van der Waals surface area contributed by atoms with Crippen LogP contribution in [0.15, 0.2) is 65.5 Å². The zero-order valence-electron chi connectivity index (χ0n) is 29.7. The molecule has 13 nitrogen and oxygen atoms in total. The second-order valence-corrected chi connectivity index (χ2v) is 15.3. The first-order valence-corrected chi connectivity index (χ1v) is 19.1. The molecule has 7 heterocycles. The number of hydrogen-bond acceptors (Lipinski definition) is 13. The number of likely N-dealkylation sites (tertiary alicyclic amines) is 1. The zero-order valence-corrected chi connectivity index (χ0v) is 29.7. The predicted octanol–water partition coefficient (Wildman–Crippen LogP) is 4.98. The van der Waals surface area contributed by atoms with E-state index in [4.69, 9.17) is 19.7 Å². The molecule has 13 heteroatoms. The molecule has 4 aliphatic heterocycles. The molecule has 52 heavy (non-hydrogen) atoms. The van der Waals surface area contributed by atoms with Crippen LogP contribution in [-0.4, -0.2) is 107 Å². The largest absolute Gasteiger partial charge is 0.507 e. The summed E-state index contributed by atoms with van der Waals surface area (Å²) < 4.78 is 18.0. The van der Waals surface area contributed by atoms with E-state index in [2.05, 4.69) is 52.1 Å². The Kier molecular flexibility index (Phi) is 9.22. The van der Waals surface area contributed by atoms with E-state index in [0.717, 1.165) is 101 Å². The average molecular weight is 708 g/mol. The third-order valence-electron chi connectivity index (χ3n) is 12.0. The predicted molar refractivity (Wildman–Crippen MR) is 199 cm³/mol. The average Bonchev–Trinajstić information content (AvgIpc) is 3.78. The van der Waals surface area contributed by atoms with Crippen LogP contribution < -0.4 is 25.2 Å². The molecule has 2 bridgehead atoms. The number of nitrogen functional groups attached to an aromatic ring is 1. The molecule has 0 radical (unpaired) electrons. The third-order valence-corrected chi connectivity index (χ3v) is 12.0. The maximum atomic E-state index is 10.4. The van der Waals surface area contributed by atoms with E-state index >= 15 is 0 Å². The summed E-state index contributed by atoms with van der Waals surface area (Å²) in [6.45, 7) is 7.22. The summed E-state index contributed by atoms with van der Waals surface area (Å²) in [5, 5.41) is 23.0. The van der Waals surface area contributed by atoms with Crippen LogP contribution in [0, 0.1) is 5.92 Å². The number of aromatic hydroxyl groups is 1. The lowest BCUT2D eigenvalue weighted by Gasteiger charge is -2.43. The van der Waals surface area contributed by atoms with E-state index in [9.17, 15) is 5.11 Å². The first-order valence-electron chi connectivity index (χ1n) is 19.1. The molecule has 2 atom stereocenters. The van der Waals surface area contributed by atoms with E-state index in [1.165, 1.54) is 19.4 Å². The van der Waals surface area contributed by atoms with Crippen LogP contribution in [0.4, 0.5) is 23.0 Å². The summed E-state index contributed by atoms with van der Waals surface area (Å²) in [5.41, 5.74) is 9.65. The highest BCUT2D eigenvalue weighted by Crippen LogP contribution is 2.40. The van der Waals surface area contributed by atoms with Gasteiger partial charge in [-0.2, -0.15) is 0 Å². The van der Waals surface area contributed by atoms with E-state index in [0.29, 0.717) is 41.1 Å². The Hall–Kier alpha value is -4.62. The van der Waals surface area contributed by atoms with Gasteiger partial charge in [-0.3, -0.25) is 0 Å². The molecule has 4 aromatic rings. The minimum absolute atomic E-state index is 0.143. The van der Waals surface area contributed by atoms with Crippen LogP contribution >= 0.6 is 0 Å². The van der Waals surface area contributed by atoms with Crippen molar-refractivity contribution in [2.24, 2.45) is 5.92 Å². The van der Waals surface area contributed by atoms with E-state index in [-0.39, 0.29) is 18.0 Å². The van der Waals surface area contributed by atoms with Crippen molar-refractivity contribution in [3.8, 4) is 22.9 Å². The highest BCUT2D eigenvalue weighted by molar-refractivity contribution is 5.74. The Morgan fingerprint density at radius 2 is 1.62 bits per heavy atom. The standard InChI is InChI=1S/C39H49N9O4/c40-39-35(22-34(42-43-39)33-3-1-2-4-36(33)49)47-24-28-5-6-29(25-47)48(28)27-7-13-41-38(19-27)52-32-20-31(21-32)51-30-10-14-45(15-11-30)23-26-8-16-46(17-9-26)37-12-18-50-44-37/h1-4,7,12-13,18-19,22,26,28-32,49H,5-6,8-11,14-17,20-21,23-25H2,(H2,40,43)/t28?,29?,31-,32-. The SMILES string of the molecule is Nc1nnc(-c2ccccc2O)cc1N1CC2CCC(C1)N2c1ccnc(O[C@H]2C[C@H](OC3CCN(CC4CCN(c5ccon5)CC4)CC3)C2)c1. The number of phenols is 1. The van der Waals surface area contributed by atoms with Gasteiger partial charge in [0.2, 0.25) is 5.88 Å². The molecule has 4 saturated heterocycles. The quantitative estimate of drug-likeness (QED) is 0.229. The number of benzene rings is 1. The van der Waals surface area contributed by atoms with E-state index < -0.39 is 0 Å². The molecular weight excluding hydrogens is 658 g/mol. The molecule has 3 aromatic heterocycles. The van der Waals surface area contributed by atoms with Gasteiger partial charge in [0, 0.05) is 100 Å². The van der Waals surface area contributed by atoms with E-state index in [1.807, 2.05) is 30.5 Å². The van der Waals surface area contributed by atoms with Gasteiger partial charge < -0.3 is 44.4 Å². The van der Waals surface area contributed by atoms with Crippen LogP contribution in [0.5, 0.6) is 11.6 Å². The summed E-state index contributed by atoms with van der Waals surface area (Å²) in [5.74, 6) is 3.00. The molecule has 1 aromatic carbocycles. The molecule has 0 amide bonds. The Bertz CT molecular complexity index is 1790.